The molecule has 2 heteroatoms. The minimum atomic E-state index is 0.935. The molecule has 9 rings (SSSR count). The molecule has 0 aliphatic rings. The van der Waals surface area contributed by atoms with Crippen LogP contribution in [0.25, 0.3) is 82.7 Å². The first-order valence-electron chi connectivity index (χ1n) is 15.4. The van der Waals surface area contributed by atoms with Gasteiger partial charge in [-0.1, -0.05) is 140 Å². The maximum Gasteiger partial charge on any atom is 0.145 e. The first-order valence-corrected chi connectivity index (χ1v) is 15.4. The van der Waals surface area contributed by atoms with Gasteiger partial charge in [0.25, 0.3) is 0 Å². The van der Waals surface area contributed by atoms with Crippen molar-refractivity contribution in [1.29, 1.82) is 0 Å². The SMILES string of the molecule is c1ccc(-n2c(-c3cccc(-c4c5ccccc5c(-c5cccc6ccccc56)c5ccccc45)c3)nc3ccccc32)cc1. The van der Waals surface area contributed by atoms with Crippen LogP contribution in [-0.4, -0.2) is 9.55 Å². The Morgan fingerprint density at radius 1 is 0.400 bits per heavy atom. The molecule has 8 aromatic carbocycles. The van der Waals surface area contributed by atoms with E-state index in [-0.39, 0.29) is 0 Å². The molecule has 1 heterocycles. The fraction of sp³-hybridized carbons (Fsp3) is 0. The quantitative estimate of drug-likeness (QED) is 0.192. The minimum Gasteiger partial charge on any atom is -0.292 e. The van der Waals surface area contributed by atoms with E-state index in [1.807, 2.05) is 0 Å². The van der Waals surface area contributed by atoms with Gasteiger partial charge in [-0.15, -0.1) is 0 Å². The Morgan fingerprint density at radius 2 is 0.956 bits per heavy atom. The molecule has 0 unspecified atom stereocenters. The van der Waals surface area contributed by atoms with E-state index >= 15 is 0 Å². The van der Waals surface area contributed by atoms with Crippen LogP contribution in [0.4, 0.5) is 0 Å². The van der Waals surface area contributed by atoms with Crippen LogP contribution >= 0.6 is 0 Å². The van der Waals surface area contributed by atoms with Gasteiger partial charge < -0.3 is 0 Å². The van der Waals surface area contributed by atoms with Gasteiger partial charge >= 0.3 is 0 Å². The number of aromatic nitrogens is 2. The predicted octanol–water partition coefficient (Wildman–Crippen LogP) is 11.5. The van der Waals surface area contributed by atoms with Crippen LogP contribution in [0.3, 0.4) is 0 Å². The van der Waals surface area contributed by atoms with Gasteiger partial charge in [0.2, 0.25) is 0 Å². The summed E-state index contributed by atoms with van der Waals surface area (Å²) >= 11 is 0. The molecule has 0 N–H and O–H groups in total. The third-order valence-corrected chi connectivity index (χ3v) is 8.98. The lowest BCUT2D eigenvalue weighted by atomic mass is 9.84. The third-order valence-electron chi connectivity index (χ3n) is 8.98. The van der Waals surface area contributed by atoms with Gasteiger partial charge in [0.1, 0.15) is 5.82 Å². The molecule has 0 atom stereocenters. The predicted molar refractivity (Wildman–Crippen MR) is 190 cm³/mol. The molecule has 0 aliphatic carbocycles. The number of imidazole rings is 1. The first-order chi connectivity index (χ1) is 22.3. The normalized spacial score (nSPS) is 11.6. The lowest BCUT2D eigenvalue weighted by molar-refractivity contribution is 1.10. The highest BCUT2D eigenvalue weighted by molar-refractivity contribution is 6.23. The first kappa shape index (κ1) is 25.5. The molecular formula is C43H28N2. The van der Waals surface area contributed by atoms with Crippen LogP contribution in [0.2, 0.25) is 0 Å². The third kappa shape index (κ3) is 4.07. The number of hydrogen-bond acceptors (Lipinski definition) is 1. The summed E-state index contributed by atoms with van der Waals surface area (Å²) in [4.78, 5) is 5.16. The highest BCUT2D eigenvalue weighted by atomic mass is 15.1. The Bertz CT molecular complexity index is 2480. The monoisotopic (exact) mass is 572 g/mol. The molecule has 0 aliphatic heterocycles. The summed E-state index contributed by atoms with van der Waals surface area (Å²) in [7, 11) is 0. The van der Waals surface area contributed by atoms with Crippen molar-refractivity contribution in [1.82, 2.24) is 9.55 Å². The van der Waals surface area contributed by atoms with Crippen LogP contribution in [-0.2, 0) is 0 Å². The molecule has 210 valence electrons. The van der Waals surface area contributed by atoms with E-state index < -0.39 is 0 Å². The number of para-hydroxylation sites is 3. The Hall–Kier alpha value is -5.99. The summed E-state index contributed by atoms with van der Waals surface area (Å²) in [5, 5.41) is 7.51. The van der Waals surface area contributed by atoms with E-state index in [9.17, 15) is 0 Å². The van der Waals surface area contributed by atoms with Crippen molar-refractivity contribution >= 4 is 43.4 Å². The average molecular weight is 573 g/mol. The van der Waals surface area contributed by atoms with Crippen LogP contribution in [0, 0.1) is 0 Å². The summed E-state index contributed by atoms with van der Waals surface area (Å²) in [6, 6.07) is 60.9. The summed E-state index contributed by atoms with van der Waals surface area (Å²) < 4.78 is 2.27. The molecule has 0 radical (unpaired) electrons. The van der Waals surface area contributed by atoms with E-state index in [1.54, 1.807) is 0 Å². The van der Waals surface area contributed by atoms with Crippen LogP contribution in [0.1, 0.15) is 0 Å². The highest BCUT2D eigenvalue weighted by Gasteiger charge is 2.19. The van der Waals surface area contributed by atoms with E-state index in [4.69, 9.17) is 4.98 Å². The van der Waals surface area contributed by atoms with Gasteiger partial charge in [-0.2, -0.15) is 0 Å². The average Bonchev–Trinajstić information content (AvgIpc) is 3.51. The Labute approximate surface area is 261 Å². The van der Waals surface area contributed by atoms with Gasteiger partial charge in [0.05, 0.1) is 11.0 Å². The number of rotatable bonds is 4. The van der Waals surface area contributed by atoms with E-state index in [0.717, 1.165) is 28.1 Å². The molecule has 1 aromatic heterocycles. The Kier molecular flexibility index (Phi) is 5.85. The van der Waals surface area contributed by atoms with E-state index in [0.29, 0.717) is 0 Å². The number of hydrogen-bond donors (Lipinski definition) is 0. The van der Waals surface area contributed by atoms with E-state index in [2.05, 4.69) is 174 Å². The van der Waals surface area contributed by atoms with Crippen LogP contribution in [0.5, 0.6) is 0 Å². The van der Waals surface area contributed by atoms with E-state index in [1.165, 1.54) is 54.6 Å². The molecule has 0 amide bonds. The summed E-state index contributed by atoms with van der Waals surface area (Å²) in [5.41, 5.74) is 9.23. The highest BCUT2D eigenvalue weighted by Crippen LogP contribution is 2.45. The molecule has 9 aromatic rings. The fourth-order valence-electron chi connectivity index (χ4n) is 7.04. The van der Waals surface area contributed by atoms with Crippen molar-refractivity contribution in [2.24, 2.45) is 0 Å². The maximum atomic E-state index is 5.16. The number of benzene rings is 8. The van der Waals surface area contributed by atoms with Crippen molar-refractivity contribution < 1.29 is 0 Å². The van der Waals surface area contributed by atoms with Gasteiger partial charge in [-0.25, -0.2) is 4.98 Å². The molecule has 0 bridgehead atoms. The summed E-state index contributed by atoms with van der Waals surface area (Å²) in [6.07, 6.45) is 0. The van der Waals surface area contributed by atoms with Gasteiger partial charge in [-0.3, -0.25) is 4.57 Å². The second-order valence-electron chi connectivity index (χ2n) is 11.5. The molecule has 0 spiro atoms. The standard InChI is InChI=1S/C43H28N2/c1-2-18-32(19-3-1)45-40-27-11-10-26-39(40)44-43(45)31-17-12-16-30(28-31)41-35-21-6-8-23-37(35)42(38-24-9-7-22-36(38)41)34-25-13-15-29-14-4-5-20-33(29)34/h1-28H. The van der Waals surface area contributed by atoms with Crippen LogP contribution in [0.15, 0.2) is 170 Å². The zero-order chi connectivity index (χ0) is 29.7. The van der Waals surface area contributed by atoms with Crippen molar-refractivity contribution in [3.05, 3.63) is 170 Å². The Balaban J connectivity index is 1.33. The molecule has 0 fully saturated rings. The minimum absolute atomic E-state index is 0.935. The second-order valence-corrected chi connectivity index (χ2v) is 11.5. The largest absolute Gasteiger partial charge is 0.292 e. The summed E-state index contributed by atoms with van der Waals surface area (Å²) in [5.74, 6) is 0.935. The van der Waals surface area contributed by atoms with Crippen molar-refractivity contribution in [2.75, 3.05) is 0 Å². The molecular weight excluding hydrogens is 544 g/mol. The smallest absolute Gasteiger partial charge is 0.145 e. The fourth-order valence-corrected chi connectivity index (χ4v) is 7.04. The number of nitrogens with zero attached hydrogens (tertiary/aromatic N) is 2. The summed E-state index contributed by atoms with van der Waals surface area (Å²) in [6.45, 7) is 0. The van der Waals surface area contributed by atoms with Crippen molar-refractivity contribution in [3.63, 3.8) is 0 Å². The topological polar surface area (TPSA) is 17.8 Å². The number of fused-ring (bicyclic) bond motifs is 4. The molecule has 0 saturated heterocycles. The van der Waals surface area contributed by atoms with Gasteiger partial charge in [0, 0.05) is 11.3 Å². The van der Waals surface area contributed by atoms with Gasteiger partial charge in [-0.05, 0) is 84.9 Å². The van der Waals surface area contributed by atoms with Crippen molar-refractivity contribution in [2.45, 2.75) is 0 Å². The van der Waals surface area contributed by atoms with Gasteiger partial charge in [0.15, 0.2) is 0 Å². The Morgan fingerprint density at radius 3 is 1.71 bits per heavy atom. The molecule has 45 heavy (non-hydrogen) atoms. The molecule has 0 saturated carbocycles. The van der Waals surface area contributed by atoms with Crippen LogP contribution < -0.4 is 0 Å². The lowest BCUT2D eigenvalue weighted by Gasteiger charge is -2.19. The zero-order valence-electron chi connectivity index (χ0n) is 24.6. The maximum absolute atomic E-state index is 5.16. The molecule has 2 nitrogen and oxygen atoms in total. The second kappa shape index (κ2) is 10.3. The lowest BCUT2D eigenvalue weighted by Crippen LogP contribution is -1.97. The zero-order valence-corrected chi connectivity index (χ0v) is 24.6. The van der Waals surface area contributed by atoms with Crippen molar-refractivity contribution in [3.8, 4) is 39.3 Å².